The van der Waals surface area contributed by atoms with Crippen molar-refractivity contribution >= 4 is 11.9 Å². The quantitative estimate of drug-likeness (QED) is 0.656. The van der Waals surface area contributed by atoms with Gasteiger partial charge in [-0.2, -0.15) is 0 Å². The van der Waals surface area contributed by atoms with E-state index in [2.05, 4.69) is 0 Å². The van der Waals surface area contributed by atoms with Crippen LogP contribution in [0.15, 0.2) is 0 Å². The summed E-state index contributed by atoms with van der Waals surface area (Å²) >= 11 is 0. The normalized spacial score (nSPS) is 15.2. The monoisotopic (exact) mass is 174 g/mol. The van der Waals surface area contributed by atoms with Crippen molar-refractivity contribution in [2.75, 3.05) is 0 Å². The molecule has 0 saturated heterocycles. The molecule has 0 amide bonds. The van der Waals surface area contributed by atoms with E-state index >= 15 is 0 Å². The third kappa shape index (κ3) is 3.95. The van der Waals surface area contributed by atoms with Gasteiger partial charge in [-0.3, -0.25) is 9.59 Å². The molecular weight excluding hydrogens is 160 g/mol. The van der Waals surface area contributed by atoms with Crippen molar-refractivity contribution in [3.05, 3.63) is 0 Å². The number of aliphatic carboxylic acids is 2. The van der Waals surface area contributed by atoms with Gasteiger partial charge >= 0.3 is 11.9 Å². The Hall–Kier alpha value is -1.06. The summed E-state index contributed by atoms with van der Waals surface area (Å²) in [5.41, 5.74) is 0. The minimum Gasteiger partial charge on any atom is -0.481 e. The van der Waals surface area contributed by atoms with Crippen LogP contribution in [0.4, 0.5) is 0 Å². The largest absolute Gasteiger partial charge is 0.481 e. The van der Waals surface area contributed by atoms with Crippen molar-refractivity contribution in [1.82, 2.24) is 0 Å². The molecule has 0 heterocycles. The molecule has 0 bridgehead atoms. The Balaban J connectivity index is 3.68. The Morgan fingerprint density at radius 1 is 1.00 bits per heavy atom. The summed E-state index contributed by atoms with van der Waals surface area (Å²) in [4.78, 5) is 20.7. The van der Waals surface area contributed by atoms with Crippen LogP contribution in [0.5, 0.6) is 0 Å². The number of rotatable bonds is 5. The van der Waals surface area contributed by atoms with Crippen LogP contribution >= 0.6 is 0 Å². The predicted molar refractivity (Wildman–Crippen MR) is 42.8 cm³/mol. The Labute approximate surface area is 71.2 Å². The SMILES string of the molecule is C[C@H](CC[C@H](C)C(=O)O)C(=O)O. The van der Waals surface area contributed by atoms with Crippen LogP contribution in [0.3, 0.4) is 0 Å². The van der Waals surface area contributed by atoms with Crippen LogP contribution in [0.1, 0.15) is 26.7 Å². The molecule has 0 unspecified atom stereocenters. The van der Waals surface area contributed by atoms with Gasteiger partial charge in [-0.25, -0.2) is 0 Å². The number of hydrogen-bond donors (Lipinski definition) is 2. The van der Waals surface area contributed by atoms with Crippen LogP contribution in [0.2, 0.25) is 0 Å². The molecule has 12 heavy (non-hydrogen) atoms. The van der Waals surface area contributed by atoms with Crippen LogP contribution in [-0.4, -0.2) is 22.2 Å². The molecule has 4 nitrogen and oxygen atoms in total. The fraction of sp³-hybridized carbons (Fsp3) is 0.750. The molecule has 70 valence electrons. The first-order valence-corrected chi connectivity index (χ1v) is 3.90. The second-order valence-electron chi connectivity index (χ2n) is 3.06. The van der Waals surface area contributed by atoms with Gasteiger partial charge in [0, 0.05) is 0 Å². The van der Waals surface area contributed by atoms with Gasteiger partial charge in [0.05, 0.1) is 11.8 Å². The molecule has 2 N–H and O–H groups in total. The molecule has 0 spiro atoms. The first-order chi connectivity index (χ1) is 5.45. The maximum Gasteiger partial charge on any atom is 0.306 e. The van der Waals surface area contributed by atoms with Crippen LogP contribution in [0, 0.1) is 11.8 Å². The fourth-order valence-electron chi connectivity index (χ4n) is 0.747. The average Bonchev–Trinajstić information content (AvgIpc) is 1.98. The highest BCUT2D eigenvalue weighted by Crippen LogP contribution is 2.12. The highest BCUT2D eigenvalue weighted by atomic mass is 16.4. The molecule has 0 rings (SSSR count). The topological polar surface area (TPSA) is 74.6 Å². The highest BCUT2D eigenvalue weighted by molar-refractivity contribution is 5.70. The van der Waals surface area contributed by atoms with E-state index in [9.17, 15) is 9.59 Å². The standard InChI is InChI=1S/C8H14O4/c1-5(7(9)10)3-4-6(2)8(11)12/h5-6H,3-4H2,1-2H3,(H,9,10)(H,11,12)/t5-,6+. The molecule has 0 aromatic rings. The molecule has 2 atom stereocenters. The lowest BCUT2D eigenvalue weighted by atomic mass is 9.98. The van der Waals surface area contributed by atoms with Crippen molar-refractivity contribution in [3.63, 3.8) is 0 Å². The summed E-state index contributed by atoms with van der Waals surface area (Å²) in [6.07, 6.45) is 0.839. The van der Waals surface area contributed by atoms with Crippen LogP contribution < -0.4 is 0 Å². The molecule has 0 aliphatic carbocycles. The van der Waals surface area contributed by atoms with Crippen molar-refractivity contribution in [3.8, 4) is 0 Å². The summed E-state index contributed by atoms with van der Waals surface area (Å²) in [5, 5.41) is 17.0. The molecular formula is C8H14O4. The van der Waals surface area contributed by atoms with Gasteiger partial charge in [0.1, 0.15) is 0 Å². The van der Waals surface area contributed by atoms with E-state index in [1.165, 1.54) is 0 Å². The molecule has 4 heteroatoms. The van der Waals surface area contributed by atoms with Gasteiger partial charge in [-0.05, 0) is 12.8 Å². The molecule has 0 aromatic carbocycles. The lowest BCUT2D eigenvalue weighted by molar-refractivity contribution is -0.144. The van der Waals surface area contributed by atoms with Crippen LogP contribution in [-0.2, 0) is 9.59 Å². The Bertz CT molecular complexity index is 156. The van der Waals surface area contributed by atoms with E-state index in [0.29, 0.717) is 12.8 Å². The zero-order chi connectivity index (χ0) is 9.72. The Kier molecular flexibility index (Phi) is 4.33. The minimum atomic E-state index is -0.868. The molecule has 0 radical (unpaired) electrons. The average molecular weight is 174 g/mol. The third-order valence-electron chi connectivity index (χ3n) is 1.88. The first-order valence-electron chi connectivity index (χ1n) is 3.90. The predicted octanol–water partition coefficient (Wildman–Crippen LogP) is 1.21. The first kappa shape index (κ1) is 10.9. The lowest BCUT2D eigenvalue weighted by Gasteiger charge is -2.08. The van der Waals surface area contributed by atoms with Crippen molar-refractivity contribution in [2.24, 2.45) is 11.8 Å². The Morgan fingerprint density at radius 3 is 1.42 bits per heavy atom. The van der Waals surface area contributed by atoms with E-state index in [0.717, 1.165) is 0 Å². The number of carboxylic acids is 2. The molecule has 0 aliphatic heterocycles. The van der Waals surface area contributed by atoms with Gasteiger partial charge < -0.3 is 10.2 Å². The van der Waals surface area contributed by atoms with Gasteiger partial charge in [-0.1, -0.05) is 13.8 Å². The highest BCUT2D eigenvalue weighted by Gasteiger charge is 2.15. The van der Waals surface area contributed by atoms with E-state index in [-0.39, 0.29) is 0 Å². The maximum atomic E-state index is 10.3. The fourth-order valence-corrected chi connectivity index (χ4v) is 0.747. The molecule has 0 aromatic heterocycles. The zero-order valence-corrected chi connectivity index (χ0v) is 7.28. The summed E-state index contributed by atoms with van der Waals surface area (Å²) in [5.74, 6) is -2.64. The zero-order valence-electron chi connectivity index (χ0n) is 7.28. The van der Waals surface area contributed by atoms with Crippen molar-refractivity contribution in [1.29, 1.82) is 0 Å². The van der Waals surface area contributed by atoms with Gasteiger partial charge in [0.2, 0.25) is 0 Å². The number of carboxylic acid groups (broad SMARTS) is 2. The summed E-state index contributed by atoms with van der Waals surface area (Å²) < 4.78 is 0. The van der Waals surface area contributed by atoms with Gasteiger partial charge in [-0.15, -0.1) is 0 Å². The van der Waals surface area contributed by atoms with E-state index in [4.69, 9.17) is 10.2 Å². The third-order valence-corrected chi connectivity index (χ3v) is 1.88. The van der Waals surface area contributed by atoms with Crippen molar-refractivity contribution in [2.45, 2.75) is 26.7 Å². The van der Waals surface area contributed by atoms with E-state index in [1.807, 2.05) is 0 Å². The molecule has 0 saturated carbocycles. The van der Waals surface area contributed by atoms with Gasteiger partial charge in [0.15, 0.2) is 0 Å². The second kappa shape index (κ2) is 4.74. The summed E-state index contributed by atoms with van der Waals surface area (Å²) in [6, 6.07) is 0. The smallest absolute Gasteiger partial charge is 0.306 e. The minimum absolute atomic E-state index is 0.419. The Morgan fingerprint density at radius 2 is 1.25 bits per heavy atom. The summed E-state index contributed by atoms with van der Waals surface area (Å²) in [6.45, 7) is 3.16. The molecule has 0 aliphatic rings. The van der Waals surface area contributed by atoms with Gasteiger partial charge in [0.25, 0.3) is 0 Å². The second-order valence-corrected chi connectivity index (χ2v) is 3.06. The van der Waals surface area contributed by atoms with Crippen molar-refractivity contribution < 1.29 is 19.8 Å². The summed E-state index contributed by atoms with van der Waals surface area (Å²) in [7, 11) is 0. The number of hydrogen-bond acceptors (Lipinski definition) is 2. The lowest BCUT2D eigenvalue weighted by Crippen LogP contribution is -2.14. The maximum absolute atomic E-state index is 10.3. The number of carbonyl (C=O) groups is 2. The van der Waals surface area contributed by atoms with Crippen LogP contribution in [0.25, 0.3) is 0 Å². The molecule has 0 fully saturated rings. The van der Waals surface area contributed by atoms with E-state index < -0.39 is 23.8 Å². The van der Waals surface area contributed by atoms with E-state index in [1.54, 1.807) is 13.8 Å².